The molecule has 0 radical (unpaired) electrons. The van der Waals surface area contributed by atoms with Crippen molar-refractivity contribution in [2.75, 3.05) is 13.6 Å². The van der Waals surface area contributed by atoms with Crippen LogP contribution in [0.3, 0.4) is 0 Å². The number of nitro groups is 1. The first-order valence-corrected chi connectivity index (χ1v) is 8.62. The molecule has 1 atom stereocenters. The van der Waals surface area contributed by atoms with Gasteiger partial charge in [0.15, 0.2) is 17.5 Å². The monoisotopic (exact) mass is 502 g/mol. The highest BCUT2D eigenvalue weighted by atomic mass is 127. The molecule has 0 spiro atoms. The van der Waals surface area contributed by atoms with E-state index in [0.29, 0.717) is 25.5 Å². The van der Waals surface area contributed by atoms with Crippen LogP contribution in [-0.2, 0) is 6.54 Å². The Hall–Kier alpha value is -2.43. The number of hydrogen-bond acceptors (Lipinski definition) is 4. The molecule has 7 nitrogen and oxygen atoms in total. The van der Waals surface area contributed by atoms with Crippen LogP contribution in [0.25, 0.3) is 0 Å². The number of para-hydroxylation sites is 1. The number of non-ortho nitro benzene ring substituents is 1. The summed E-state index contributed by atoms with van der Waals surface area (Å²) >= 11 is 0. The number of aliphatic imine (C=N–C) groups is 1. The maximum atomic E-state index is 13.7. The van der Waals surface area contributed by atoms with E-state index in [-0.39, 0.29) is 41.5 Å². The molecule has 2 N–H and O–H groups in total. The molecule has 28 heavy (non-hydrogen) atoms. The largest absolute Gasteiger partial charge is 0.486 e. The molecule has 0 aliphatic rings. The van der Waals surface area contributed by atoms with Gasteiger partial charge in [-0.15, -0.1) is 24.0 Å². The number of nitro benzene ring substituents is 1. The summed E-state index contributed by atoms with van der Waals surface area (Å²) < 4.78 is 19.4. The Labute approximate surface area is 180 Å². The molecular weight excluding hydrogens is 478 g/mol. The van der Waals surface area contributed by atoms with Crippen LogP contribution in [0, 0.1) is 15.9 Å². The van der Waals surface area contributed by atoms with E-state index in [4.69, 9.17) is 4.74 Å². The minimum atomic E-state index is -0.428. The van der Waals surface area contributed by atoms with Gasteiger partial charge in [0, 0.05) is 25.7 Å². The van der Waals surface area contributed by atoms with Gasteiger partial charge < -0.3 is 15.4 Å². The number of nitrogens with one attached hydrogen (secondary N) is 2. The number of hydrogen-bond donors (Lipinski definition) is 2. The van der Waals surface area contributed by atoms with Crippen molar-refractivity contribution in [1.29, 1.82) is 0 Å². The van der Waals surface area contributed by atoms with Gasteiger partial charge >= 0.3 is 0 Å². The first kappa shape index (κ1) is 23.6. The molecule has 2 aromatic carbocycles. The molecule has 0 amide bonds. The summed E-state index contributed by atoms with van der Waals surface area (Å²) in [6.45, 7) is 2.76. The summed E-state index contributed by atoms with van der Waals surface area (Å²) in [7, 11) is 1.63. The molecule has 0 bridgehead atoms. The van der Waals surface area contributed by atoms with Crippen LogP contribution in [-0.4, -0.2) is 30.6 Å². The van der Waals surface area contributed by atoms with E-state index in [2.05, 4.69) is 15.6 Å². The third-order valence-corrected chi connectivity index (χ3v) is 3.89. The fourth-order valence-corrected chi connectivity index (χ4v) is 2.39. The van der Waals surface area contributed by atoms with E-state index >= 15 is 0 Å². The third kappa shape index (κ3) is 7.29. The van der Waals surface area contributed by atoms with Crippen molar-refractivity contribution < 1.29 is 14.1 Å². The topological polar surface area (TPSA) is 88.8 Å². The predicted molar refractivity (Wildman–Crippen MR) is 118 cm³/mol. The molecule has 0 saturated heterocycles. The number of benzene rings is 2. The summed E-state index contributed by atoms with van der Waals surface area (Å²) in [6, 6.07) is 12.7. The Balaban J connectivity index is 0.00000392. The fourth-order valence-electron chi connectivity index (χ4n) is 2.39. The second kappa shape index (κ2) is 12.1. The average molecular weight is 502 g/mol. The van der Waals surface area contributed by atoms with E-state index in [1.54, 1.807) is 37.4 Å². The van der Waals surface area contributed by atoms with E-state index in [9.17, 15) is 14.5 Å². The average Bonchev–Trinajstić information content (AvgIpc) is 2.68. The van der Waals surface area contributed by atoms with E-state index in [0.717, 1.165) is 5.56 Å². The van der Waals surface area contributed by atoms with Crippen molar-refractivity contribution in [3.05, 3.63) is 70.0 Å². The number of halogens is 2. The van der Waals surface area contributed by atoms with Crippen molar-refractivity contribution in [3.63, 3.8) is 0 Å². The van der Waals surface area contributed by atoms with E-state index < -0.39 is 10.7 Å². The highest BCUT2D eigenvalue weighted by Gasteiger charge is 2.12. The molecule has 1 unspecified atom stereocenters. The number of rotatable bonds is 8. The minimum absolute atomic E-state index is 0. The Bertz CT molecular complexity index is 804. The number of ether oxygens (including phenoxy) is 1. The summed E-state index contributed by atoms with van der Waals surface area (Å²) in [4.78, 5) is 14.5. The predicted octanol–water partition coefficient (Wildman–Crippen LogP) is 3.87. The third-order valence-electron chi connectivity index (χ3n) is 3.89. The SMILES string of the molecule is CCC(CNC(=NC)NCc1cccc([N+](=O)[O-])c1)Oc1ccccc1F.I. The van der Waals surface area contributed by atoms with Crippen LogP contribution in [0.2, 0.25) is 0 Å². The van der Waals surface area contributed by atoms with Gasteiger partial charge in [0.1, 0.15) is 6.10 Å². The van der Waals surface area contributed by atoms with Crippen LogP contribution in [0.5, 0.6) is 5.75 Å². The van der Waals surface area contributed by atoms with Gasteiger partial charge in [0.2, 0.25) is 0 Å². The molecule has 0 heterocycles. The molecule has 0 aromatic heterocycles. The second-order valence-corrected chi connectivity index (χ2v) is 5.81. The Morgan fingerprint density at radius 1 is 1.25 bits per heavy atom. The van der Waals surface area contributed by atoms with E-state index in [1.165, 1.54) is 18.2 Å². The van der Waals surface area contributed by atoms with Crippen molar-refractivity contribution in [1.82, 2.24) is 10.6 Å². The Morgan fingerprint density at radius 2 is 2.00 bits per heavy atom. The summed E-state index contributed by atoms with van der Waals surface area (Å²) in [6.07, 6.45) is 0.446. The molecule has 2 aromatic rings. The normalized spacial score (nSPS) is 11.9. The highest BCUT2D eigenvalue weighted by molar-refractivity contribution is 14.0. The first-order chi connectivity index (χ1) is 13.0. The lowest BCUT2D eigenvalue weighted by Crippen LogP contribution is -2.42. The van der Waals surface area contributed by atoms with Crippen LogP contribution >= 0.6 is 24.0 Å². The van der Waals surface area contributed by atoms with Crippen molar-refractivity contribution >= 4 is 35.6 Å². The summed E-state index contributed by atoms with van der Waals surface area (Å²) in [5, 5.41) is 17.1. The van der Waals surface area contributed by atoms with Gasteiger partial charge in [-0.05, 0) is 24.1 Å². The molecule has 2 rings (SSSR count). The minimum Gasteiger partial charge on any atom is -0.486 e. The highest BCUT2D eigenvalue weighted by Crippen LogP contribution is 2.17. The first-order valence-electron chi connectivity index (χ1n) is 8.62. The number of guanidine groups is 1. The van der Waals surface area contributed by atoms with Crippen LogP contribution in [0.4, 0.5) is 10.1 Å². The molecule has 0 aliphatic heterocycles. The summed E-state index contributed by atoms with van der Waals surface area (Å²) in [5.41, 5.74) is 0.809. The molecular formula is C19H24FIN4O3. The molecule has 0 fully saturated rings. The zero-order chi connectivity index (χ0) is 19.6. The zero-order valence-electron chi connectivity index (χ0n) is 15.7. The fraction of sp³-hybridized carbons (Fsp3) is 0.316. The molecule has 0 aliphatic carbocycles. The standard InChI is InChI=1S/C19H23FN4O3.HI/c1-3-16(27-18-10-5-4-9-17(18)20)13-23-19(21-2)22-12-14-7-6-8-15(11-14)24(25)26;/h4-11,16H,3,12-13H2,1-2H3,(H2,21,22,23);1H. The van der Waals surface area contributed by atoms with Gasteiger partial charge in [0.05, 0.1) is 11.5 Å². The smallest absolute Gasteiger partial charge is 0.269 e. The molecule has 9 heteroatoms. The lowest BCUT2D eigenvalue weighted by molar-refractivity contribution is -0.384. The second-order valence-electron chi connectivity index (χ2n) is 5.81. The van der Waals surface area contributed by atoms with Gasteiger partial charge in [-0.3, -0.25) is 15.1 Å². The molecule has 152 valence electrons. The van der Waals surface area contributed by atoms with Crippen LogP contribution in [0.1, 0.15) is 18.9 Å². The zero-order valence-corrected chi connectivity index (χ0v) is 18.1. The summed E-state index contributed by atoms with van der Waals surface area (Å²) in [5.74, 6) is 0.340. The van der Waals surface area contributed by atoms with Crippen molar-refractivity contribution in [2.45, 2.75) is 26.0 Å². The van der Waals surface area contributed by atoms with Crippen molar-refractivity contribution in [2.24, 2.45) is 4.99 Å². The maximum absolute atomic E-state index is 13.7. The number of nitrogens with zero attached hydrogens (tertiary/aromatic N) is 2. The quantitative estimate of drug-likeness (QED) is 0.188. The lowest BCUT2D eigenvalue weighted by Gasteiger charge is -2.20. The molecule has 0 saturated carbocycles. The van der Waals surface area contributed by atoms with Crippen molar-refractivity contribution in [3.8, 4) is 5.75 Å². The van der Waals surface area contributed by atoms with Crippen LogP contribution < -0.4 is 15.4 Å². The Morgan fingerprint density at radius 3 is 2.64 bits per heavy atom. The van der Waals surface area contributed by atoms with Gasteiger partial charge in [-0.2, -0.15) is 0 Å². The van der Waals surface area contributed by atoms with Crippen LogP contribution in [0.15, 0.2) is 53.5 Å². The lowest BCUT2D eigenvalue weighted by atomic mass is 10.2. The Kier molecular flexibility index (Phi) is 10.2. The van der Waals surface area contributed by atoms with Gasteiger partial charge in [-0.25, -0.2) is 4.39 Å². The maximum Gasteiger partial charge on any atom is 0.269 e. The van der Waals surface area contributed by atoms with E-state index in [1.807, 2.05) is 6.92 Å². The van der Waals surface area contributed by atoms with Gasteiger partial charge in [0.25, 0.3) is 5.69 Å². The van der Waals surface area contributed by atoms with Gasteiger partial charge in [-0.1, -0.05) is 31.2 Å².